The van der Waals surface area contributed by atoms with Crippen molar-refractivity contribution in [1.29, 1.82) is 0 Å². The van der Waals surface area contributed by atoms with Crippen molar-refractivity contribution in [3.8, 4) is 11.5 Å². The summed E-state index contributed by atoms with van der Waals surface area (Å²) in [5, 5.41) is 4.51. The zero-order valence-electron chi connectivity index (χ0n) is 21.3. The predicted octanol–water partition coefficient (Wildman–Crippen LogP) is 5.71. The standard InChI is InChI=1S/C31H26N2O5/c1-19-8-13-23(14-9-19)33-30(35)25(29(34)32-31(33)36)16-21-11-15-27(28(17-21)37-3)38-18-26-20(2)10-12-22-6-4-5-7-24(22)26/h4-17H,18H2,1-3H3,(H,32,34,36)/b25-16+. The van der Waals surface area contributed by atoms with Crippen LogP contribution in [0.25, 0.3) is 16.8 Å². The van der Waals surface area contributed by atoms with Crippen molar-refractivity contribution in [2.24, 2.45) is 0 Å². The largest absolute Gasteiger partial charge is 0.493 e. The first kappa shape index (κ1) is 24.8. The number of urea groups is 1. The minimum absolute atomic E-state index is 0.160. The van der Waals surface area contributed by atoms with Gasteiger partial charge in [-0.2, -0.15) is 0 Å². The number of fused-ring (bicyclic) bond motifs is 1. The third-order valence-electron chi connectivity index (χ3n) is 6.54. The molecule has 0 atom stereocenters. The van der Waals surface area contributed by atoms with Crippen LogP contribution in [0, 0.1) is 13.8 Å². The molecule has 5 rings (SSSR count). The minimum atomic E-state index is -0.786. The highest BCUT2D eigenvalue weighted by molar-refractivity contribution is 6.39. The summed E-state index contributed by atoms with van der Waals surface area (Å²) >= 11 is 0. The topological polar surface area (TPSA) is 84.9 Å². The number of benzene rings is 4. The molecule has 0 spiro atoms. The maximum atomic E-state index is 13.2. The summed E-state index contributed by atoms with van der Waals surface area (Å²) in [6.07, 6.45) is 1.44. The number of aryl methyl sites for hydroxylation is 2. The van der Waals surface area contributed by atoms with Gasteiger partial charge in [0.25, 0.3) is 11.8 Å². The lowest BCUT2D eigenvalue weighted by Crippen LogP contribution is -2.54. The van der Waals surface area contributed by atoms with Crippen LogP contribution >= 0.6 is 0 Å². The van der Waals surface area contributed by atoms with E-state index in [0.29, 0.717) is 29.4 Å². The highest BCUT2D eigenvalue weighted by atomic mass is 16.5. The van der Waals surface area contributed by atoms with Crippen LogP contribution in [0.5, 0.6) is 11.5 Å². The monoisotopic (exact) mass is 506 g/mol. The van der Waals surface area contributed by atoms with Gasteiger partial charge in [-0.05, 0) is 66.1 Å². The molecule has 1 saturated heterocycles. The number of anilines is 1. The van der Waals surface area contributed by atoms with Gasteiger partial charge in [-0.3, -0.25) is 14.9 Å². The number of amides is 4. The lowest BCUT2D eigenvalue weighted by atomic mass is 10.0. The Kier molecular flexibility index (Phi) is 6.66. The molecule has 7 heteroatoms. The first-order valence-corrected chi connectivity index (χ1v) is 12.1. The molecule has 190 valence electrons. The Morgan fingerprint density at radius 2 is 1.63 bits per heavy atom. The van der Waals surface area contributed by atoms with Gasteiger partial charge in [-0.1, -0.05) is 60.2 Å². The molecule has 38 heavy (non-hydrogen) atoms. The molecule has 0 unspecified atom stereocenters. The van der Waals surface area contributed by atoms with E-state index >= 15 is 0 Å². The van der Waals surface area contributed by atoms with Crippen LogP contribution < -0.4 is 19.7 Å². The maximum Gasteiger partial charge on any atom is 0.335 e. The zero-order valence-corrected chi connectivity index (χ0v) is 21.3. The van der Waals surface area contributed by atoms with Crippen molar-refractivity contribution in [3.63, 3.8) is 0 Å². The van der Waals surface area contributed by atoms with E-state index in [4.69, 9.17) is 9.47 Å². The molecule has 0 bridgehead atoms. The zero-order chi connectivity index (χ0) is 26.8. The third kappa shape index (κ3) is 4.74. The second-order valence-corrected chi connectivity index (χ2v) is 9.07. The van der Waals surface area contributed by atoms with Gasteiger partial charge in [-0.15, -0.1) is 0 Å². The fourth-order valence-corrected chi connectivity index (χ4v) is 4.43. The lowest BCUT2D eigenvalue weighted by Gasteiger charge is -2.26. The smallest absolute Gasteiger partial charge is 0.335 e. The van der Waals surface area contributed by atoms with E-state index in [9.17, 15) is 14.4 Å². The molecule has 4 aromatic rings. The molecule has 0 aromatic heterocycles. The number of imide groups is 2. The second-order valence-electron chi connectivity index (χ2n) is 9.07. The van der Waals surface area contributed by atoms with E-state index in [1.165, 1.54) is 13.2 Å². The van der Waals surface area contributed by atoms with E-state index in [0.717, 1.165) is 32.4 Å². The molecule has 1 aliphatic heterocycles. The molecular formula is C31H26N2O5. The van der Waals surface area contributed by atoms with Crippen LogP contribution in [-0.2, 0) is 16.2 Å². The molecule has 4 aromatic carbocycles. The van der Waals surface area contributed by atoms with Crippen LogP contribution in [-0.4, -0.2) is 25.0 Å². The summed E-state index contributed by atoms with van der Waals surface area (Å²) in [4.78, 5) is 39.1. The van der Waals surface area contributed by atoms with Crippen LogP contribution in [0.3, 0.4) is 0 Å². The molecule has 7 nitrogen and oxygen atoms in total. The number of methoxy groups -OCH3 is 1. The van der Waals surface area contributed by atoms with Gasteiger partial charge in [0.05, 0.1) is 12.8 Å². The second kappa shape index (κ2) is 10.2. The number of hydrogen-bond donors (Lipinski definition) is 1. The Hall–Kier alpha value is -4.91. The number of ether oxygens (including phenoxy) is 2. The Labute approximate surface area is 220 Å². The summed E-state index contributed by atoms with van der Waals surface area (Å²) in [6, 6.07) is 23.6. The first-order valence-electron chi connectivity index (χ1n) is 12.1. The van der Waals surface area contributed by atoms with Crippen molar-refractivity contribution >= 4 is 40.4 Å². The van der Waals surface area contributed by atoms with E-state index in [1.54, 1.807) is 42.5 Å². The Morgan fingerprint density at radius 1 is 0.868 bits per heavy atom. The van der Waals surface area contributed by atoms with Crippen LogP contribution in [0.15, 0.2) is 84.4 Å². The highest BCUT2D eigenvalue weighted by Gasteiger charge is 2.36. The number of nitrogens with zero attached hydrogens (tertiary/aromatic N) is 1. The molecule has 1 fully saturated rings. The summed E-state index contributed by atoms with van der Waals surface area (Å²) in [5.74, 6) is -0.479. The fraction of sp³-hybridized carbons (Fsp3) is 0.129. The Balaban J connectivity index is 1.41. The third-order valence-corrected chi connectivity index (χ3v) is 6.54. The molecule has 0 saturated carbocycles. The summed E-state index contributed by atoms with van der Waals surface area (Å²) in [5.41, 5.74) is 3.96. The van der Waals surface area contributed by atoms with Gasteiger partial charge in [0.15, 0.2) is 11.5 Å². The maximum absolute atomic E-state index is 13.2. The van der Waals surface area contributed by atoms with Crippen LogP contribution in [0.4, 0.5) is 10.5 Å². The molecule has 1 N–H and O–H groups in total. The quantitative estimate of drug-likeness (QED) is 0.267. The number of rotatable bonds is 6. The number of barbiturate groups is 1. The normalized spacial score (nSPS) is 14.7. The molecule has 1 heterocycles. The minimum Gasteiger partial charge on any atom is -0.493 e. The average Bonchev–Trinajstić information content (AvgIpc) is 2.91. The van der Waals surface area contributed by atoms with E-state index < -0.39 is 17.8 Å². The van der Waals surface area contributed by atoms with Crippen molar-refractivity contribution in [1.82, 2.24) is 5.32 Å². The van der Waals surface area contributed by atoms with Crippen molar-refractivity contribution in [2.45, 2.75) is 20.5 Å². The van der Waals surface area contributed by atoms with Gasteiger partial charge in [-0.25, -0.2) is 9.69 Å². The first-order chi connectivity index (χ1) is 18.4. The Morgan fingerprint density at radius 3 is 2.39 bits per heavy atom. The predicted molar refractivity (Wildman–Crippen MR) is 146 cm³/mol. The van der Waals surface area contributed by atoms with Crippen LogP contribution in [0.1, 0.15) is 22.3 Å². The molecular weight excluding hydrogens is 480 g/mol. The lowest BCUT2D eigenvalue weighted by molar-refractivity contribution is -0.122. The van der Waals surface area contributed by atoms with Crippen LogP contribution in [0.2, 0.25) is 0 Å². The van der Waals surface area contributed by atoms with Crippen molar-refractivity contribution in [2.75, 3.05) is 12.0 Å². The Bertz CT molecular complexity index is 1600. The summed E-state index contributed by atoms with van der Waals surface area (Å²) in [7, 11) is 1.53. The molecule has 1 aliphatic rings. The highest BCUT2D eigenvalue weighted by Crippen LogP contribution is 2.32. The summed E-state index contributed by atoms with van der Waals surface area (Å²) in [6.45, 7) is 4.30. The number of carbonyl (C=O) groups is 3. The van der Waals surface area contributed by atoms with Gasteiger partial charge < -0.3 is 9.47 Å². The molecule has 4 amide bonds. The van der Waals surface area contributed by atoms with Crippen molar-refractivity contribution in [3.05, 3.63) is 107 Å². The van der Waals surface area contributed by atoms with Gasteiger partial charge >= 0.3 is 6.03 Å². The van der Waals surface area contributed by atoms with Crippen molar-refractivity contribution < 1.29 is 23.9 Å². The number of carbonyl (C=O) groups excluding carboxylic acids is 3. The van der Waals surface area contributed by atoms with Gasteiger partial charge in [0.2, 0.25) is 0 Å². The number of hydrogen-bond acceptors (Lipinski definition) is 5. The molecule has 0 aliphatic carbocycles. The number of nitrogens with one attached hydrogen (secondary N) is 1. The SMILES string of the molecule is COc1cc(/C=C2\C(=O)NC(=O)N(c3ccc(C)cc3)C2=O)ccc1OCc1c(C)ccc2ccccc12. The van der Waals surface area contributed by atoms with E-state index in [-0.39, 0.29) is 5.57 Å². The fourth-order valence-electron chi connectivity index (χ4n) is 4.43. The molecule has 0 radical (unpaired) electrons. The van der Waals surface area contributed by atoms with Gasteiger partial charge in [0.1, 0.15) is 12.2 Å². The average molecular weight is 507 g/mol. The van der Waals surface area contributed by atoms with Gasteiger partial charge in [0, 0.05) is 5.56 Å². The van der Waals surface area contributed by atoms with E-state index in [1.807, 2.05) is 19.1 Å². The van der Waals surface area contributed by atoms with E-state index in [2.05, 4.69) is 36.5 Å². The summed E-state index contributed by atoms with van der Waals surface area (Å²) < 4.78 is 11.7.